The maximum Gasteiger partial charge on any atom is 0.208 e. The summed E-state index contributed by atoms with van der Waals surface area (Å²) in [6, 6.07) is 7.91. The number of nitrogens with one attached hydrogen (secondary N) is 1. The molecule has 0 amide bonds. The van der Waals surface area contributed by atoms with E-state index in [-0.39, 0.29) is 6.04 Å². The van der Waals surface area contributed by atoms with E-state index in [4.69, 9.17) is 15.3 Å². The zero-order valence-corrected chi connectivity index (χ0v) is 12.6. The van der Waals surface area contributed by atoms with Gasteiger partial charge in [-0.25, -0.2) is 10.8 Å². The van der Waals surface area contributed by atoms with Crippen LogP contribution in [0.5, 0.6) is 5.75 Å². The van der Waals surface area contributed by atoms with E-state index in [1.54, 1.807) is 14.2 Å². The predicted octanol–water partition coefficient (Wildman–Crippen LogP) is 0.981. The molecule has 1 rings (SSSR count). The average molecular weight is 280 g/mol. The summed E-state index contributed by atoms with van der Waals surface area (Å²) in [5.41, 5.74) is 3.70. The van der Waals surface area contributed by atoms with Crippen LogP contribution in [0.2, 0.25) is 0 Å². The fourth-order valence-electron chi connectivity index (χ4n) is 1.90. The van der Waals surface area contributed by atoms with Gasteiger partial charge < -0.3 is 14.4 Å². The third kappa shape index (κ3) is 4.71. The van der Waals surface area contributed by atoms with Crippen molar-refractivity contribution in [2.75, 3.05) is 27.9 Å². The van der Waals surface area contributed by atoms with Gasteiger partial charge in [-0.15, -0.1) is 0 Å². The summed E-state index contributed by atoms with van der Waals surface area (Å²) in [5, 5.41) is 0. The van der Waals surface area contributed by atoms with Crippen molar-refractivity contribution in [2.24, 2.45) is 10.8 Å². The van der Waals surface area contributed by atoms with Crippen LogP contribution in [0, 0.1) is 0 Å². The highest BCUT2D eigenvalue weighted by Gasteiger charge is 2.10. The van der Waals surface area contributed by atoms with Gasteiger partial charge in [-0.3, -0.25) is 5.43 Å². The van der Waals surface area contributed by atoms with Crippen LogP contribution in [-0.4, -0.2) is 44.8 Å². The monoisotopic (exact) mass is 280 g/mol. The SMILES string of the molecule is COCC(C)N=C(NN)N(C)Cc1ccccc1OC. The summed E-state index contributed by atoms with van der Waals surface area (Å²) < 4.78 is 10.4. The topological polar surface area (TPSA) is 72.1 Å². The maximum atomic E-state index is 5.55. The highest BCUT2D eigenvalue weighted by atomic mass is 16.5. The van der Waals surface area contributed by atoms with Crippen LogP contribution >= 0.6 is 0 Å². The van der Waals surface area contributed by atoms with Gasteiger partial charge in [-0.05, 0) is 13.0 Å². The first-order valence-corrected chi connectivity index (χ1v) is 6.48. The van der Waals surface area contributed by atoms with Crippen molar-refractivity contribution >= 4 is 5.96 Å². The molecule has 3 N–H and O–H groups in total. The smallest absolute Gasteiger partial charge is 0.208 e. The molecular formula is C14H24N4O2. The number of para-hydroxylation sites is 1. The Morgan fingerprint density at radius 1 is 1.40 bits per heavy atom. The van der Waals surface area contributed by atoms with E-state index in [0.29, 0.717) is 19.1 Å². The lowest BCUT2D eigenvalue weighted by atomic mass is 10.2. The van der Waals surface area contributed by atoms with Gasteiger partial charge >= 0.3 is 0 Å². The molecule has 0 saturated heterocycles. The summed E-state index contributed by atoms with van der Waals surface area (Å²) in [6.07, 6.45) is 0. The van der Waals surface area contributed by atoms with Crippen LogP contribution in [0.3, 0.4) is 0 Å². The standard InChI is InChI=1S/C14H24N4O2/c1-11(10-19-3)16-14(17-15)18(2)9-12-7-5-6-8-13(12)20-4/h5-8,11H,9-10,15H2,1-4H3,(H,16,17). The molecule has 1 aromatic rings. The lowest BCUT2D eigenvalue weighted by Crippen LogP contribution is -2.43. The summed E-state index contributed by atoms with van der Waals surface area (Å²) in [7, 11) is 5.24. The molecule has 0 aliphatic rings. The van der Waals surface area contributed by atoms with E-state index in [2.05, 4.69) is 10.4 Å². The molecule has 1 unspecified atom stereocenters. The number of methoxy groups -OCH3 is 2. The van der Waals surface area contributed by atoms with Crippen LogP contribution in [0.25, 0.3) is 0 Å². The molecular weight excluding hydrogens is 256 g/mol. The summed E-state index contributed by atoms with van der Waals surface area (Å²) >= 11 is 0. The number of nitrogens with two attached hydrogens (primary N) is 1. The molecule has 112 valence electrons. The minimum atomic E-state index is 0.0335. The van der Waals surface area contributed by atoms with Crippen molar-refractivity contribution in [3.8, 4) is 5.75 Å². The molecule has 6 heteroatoms. The summed E-state index contributed by atoms with van der Waals surface area (Å²) in [6.45, 7) is 3.16. The highest BCUT2D eigenvalue weighted by Crippen LogP contribution is 2.18. The first-order chi connectivity index (χ1) is 9.62. The molecule has 0 aromatic heterocycles. The zero-order chi connectivity index (χ0) is 15.0. The van der Waals surface area contributed by atoms with Gasteiger partial charge in [0.1, 0.15) is 5.75 Å². The van der Waals surface area contributed by atoms with Crippen molar-refractivity contribution < 1.29 is 9.47 Å². The zero-order valence-electron chi connectivity index (χ0n) is 12.6. The molecule has 0 radical (unpaired) electrons. The van der Waals surface area contributed by atoms with Crippen molar-refractivity contribution in [1.29, 1.82) is 0 Å². The lowest BCUT2D eigenvalue weighted by molar-refractivity contribution is 0.185. The highest BCUT2D eigenvalue weighted by molar-refractivity contribution is 5.79. The normalized spacial score (nSPS) is 12.9. The fraction of sp³-hybridized carbons (Fsp3) is 0.500. The van der Waals surface area contributed by atoms with Crippen LogP contribution in [0.1, 0.15) is 12.5 Å². The van der Waals surface area contributed by atoms with Gasteiger partial charge in [-0.1, -0.05) is 18.2 Å². The van der Waals surface area contributed by atoms with Gasteiger partial charge in [0.2, 0.25) is 5.96 Å². The largest absolute Gasteiger partial charge is 0.496 e. The summed E-state index contributed by atoms with van der Waals surface area (Å²) in [5.74, 6) is 7.01. The Labute approximate surface area is 120 Å². The fourth-order valence-corrected chi connectivity index (χ4v) is 1.90. The Balaban J connectivity index is 2.79. The van der Waals surface area contributed by atoms with Crippen molar-refractivity contribution in [2.45, 2.75) is 19.5 Å². The van der Waals surface area contributed by atoms with Crippen LogP contribution in [0.4, 0.5) is 0 Å². The second-order valence-corrected chi connectivity index (χ2v) is 4.57. The van der Waals surface area contributed by atoms with Gasteiger partial charge in [0.15, 0.2) is 0 Å². The molecule has 6 nitrogen and oxygen atoms in total. The molecule has 0 fully saturated rings. The first kappa shape index (κ1) is 16.3. The van der Waals surface area contributed by atoms with E-state index < -0.39 is 0 Å². The van der Waals surface area contributed by atoms with Gasteiger partial charge in [0.05, 0.1) is 19.8 Å². The Hall–Kier alpha value is -1.79. The number of hydrazine groups is 1. The lowest BCUT2D eigenvalue weighted by Gasteiger charge is -2.22. The second kappa shape index (κ2) is 8.39. The quantitative estimate of drug-likeness (QED) is 0.352. The molecule has 20 heavy (non-hydrogen) atoms. The first-order valence-electron chi connectivity index (χ1n) is 6.48. The molecule has 0 bridgehead atoms. The number of aliphatic imine (C=N–C) groups is 1. The molecule has 0 heterocycles. The molecule has 0 saturated carbocycles. The Kier molecular flexibility index (Phi) is 6.83. The second-order valence-electron chi connectivity index (χ2n) is 4.57. The van der Waals surface area contributed by atoms with E-state index in [1.807, 2.05) is 43.1 Å². The number of hydrogen-bond donors (Lipinski definition) is 2. The summed E-state index contributed by atoms with van der Waals surface area (Å²) in [4.78, 5) is 6.41. The number of hydrogen-bond acceptors (Lipinski definition) is 4. The van der Waals surface area contributed by atoms with E-state index >= 15 is 0 Å². The molecule has 1 atom stereocenters. The van der Waals surface area contributed by atoms with Gasteiger partial charge in [0, 0.05) is 26.3 Å². The Morgan fingerprint density at radius 2 is 2.10 bits per heavy atom. The van der Waals surface area contributed by atoms with Crippen LogP contribution in [-0.2, 0) is 11.3 Å². The Morgan fingerprint density at radius 3 is 2.70 bits per heavy atom. The number of benzene rings is 1. The van der Waals surface area contributed by atoms with Crippen LogP contribution in [0.15, 0.2) is 29.3 Å². The molecule has 0 aliphatic heterocycles. The van der Waals surface area contributed by atoms with Crippen molar-refractivity contribution in [3.05, 3.63) is 29.8 Å². The molecule has 0 aliphatic carbocycles. The van der Waals surface area contributed by atoms with E-state index in [0.717, 1.165) is 11.3 Å². The number of nitrogens with zero attached hydrogens (tertiary/aromatic N) is 2. The number of guanidine groups is 1. The van der Waals surface area contributed by atoms with Crippen molar-refractivity contribution in [3.63, 3.8) is 0 Å². The minimum absolute atomic E-state index is 0.0335. The number of ether oxygens (including phenoxy) is 2. The average Bonchev–Trinajstić information content (AvgIpc) is 2.45. The third-order valence-electron chi connectivity index (χ3n) is 2.84. The maximum absolute atomic E-state index is 5.55. The Bertz CT molecular complexity index is 437. The number of rotatable bonds is 6. The van der Waals surface area contributed by atoms with Gasteiger partial charge in [-0.2, -0.15) is 0 Å². The van der Waals surface area contributed by atoms with Crippen LogP contribution < -0.4 is 16.0 Å². The minimum Gasteiger partial charge on any atom is -0.496 e. The van der Waals surface area contributed by atoms with E-state index in [1.165, 1.54) is 0 Å². The van der Waals surface area contributed by atoms with Crippen molar-refractivity contribution in [1.82, 2.24) is 10.3 Å². The van der Waals surface area contributed by atoms with Gasteiger partial charge in [0.25, 0.3) is 0 Å². The third-order valence-corrected chi connectivity index (χ3v) is 2.84. The predicted molar refractivity (Wildman–Crippen MR) is 80.6 cm³/mol. The molecule has 1 aromatic carbocycles. The molecule has 0 spiro atoms. The van der Waals surface area contributed by atoms with E-state index in [9.17, 15) is 0 Å².